The molecule has 0 fully saturated rings. The van der Waals surface area contributed by atoms with Gasteiger partial charge in [-0.15, -0.1) is 0 Å². The van der Waals surface area contributed by atoms with E-state index in [1.807, 2.05) is 54.6 Å². The third kappa shape index (κ3) is 11.0. The zero-order chi connectivity index (χ0) is 54.7. The molecule has 74 heavy (non-hydrogen) atoms. The van der Waals surface area contributed by atoms with Crippen LogP contribution in [0.15, 0.2) is 84.9 Å². The Labute approximate surface area is 437 Å². The van der Waals surface area contributed by atoms with Gasteiger partial charge in [0.2, 0.25) is 0 Å². The van der Waals surface area contributed by atoms with Crippen molar-refractivity contribution in [1.82, 2.24) is 19.9 Å². The highest BCUT2D eigenvalue weighted by Crippen LogP contribution is 2.45. The Kier molecular flexibility index (Phi) is 13.1. The second-order valence-corrected chi connectivity index (χ2v) is 27.9. The van der Waals surface area contributed by atoms with Gasteiger partial charge in [-0.05, 0) is 125 Å². The number of nitrogens with zero attached hydrogens (tertiary/aromatic N) is 2. The number of fused-ring (bicyclic) bond motifs is 8. The normalized spacial score (nSPS) is 14.1. The summed E-state index contributed by atoms with van der Waals surface area (Å²) in [6.07, 6.45) is 5.36. The SMILES string of the molecule is CC(C)(C)c1cc(-c2c3nc(cc4ccc([nH]4)c(-c4cc(C(C)(C)C)cc(C(C)(C)C)c4)c4nc(c(-c5cc(C(C)(C)C)cc(C(C)(C)C)c5)c5ccc2[nH]5)C=C4OS(=O)(=O)C(F)(F)F)C=C3)cc(C(C)(C)C)c1. The third-order valence-electron chi connectivity index (χ3n) is 14.0. The second-order valence-electron chi connectivity index (χ2n) is 26.4. The lowest BCUT2D eigenvalue weighted by atomic mass is 9.78. The van der Waals surface area contributed by atoms with Crippen LogP contribution in [-0.2, 0) is 46.8 Å². The van der Waals surface area contributed by atoms with E-state index in [0.717, 1.165) is 61.3 Å². The molecule has 2 N–H and O–H groups in total. The Bertz CT molecular complexity index is 3490. The van der Waals surface area contributed by atoms with Crippen molar-refractivity contribution in [3.05, 3.63) is 141 Å². The minimum atomic E-state index is -6.21. The Morgan fingerprint density at radius 1 is 0.432 bits per heavy atom. The molecule has 0 unspecified atom stereocenters. The van der Waals surface area contributed by atoms with E-state index in [4.69, 9.17) is 14.2 Å². The first-order valence-electron chi connectivity index (χ1n) is 25.5. The molecule has 390 valence electrons. The molecule has 3 aromatic carbocycles. The molecule has 8 rings (SSSR count). The highest BCUT2D eigenvalue weighted by Gasteiger charge is 2.49. The zero-order valence-corrected chi connectivity index (χ0v) is 47.3. The van der Waals surface area contributed by atoms with E-state index in [1.54, 1.807) is 0 Å². The fourth-order valence-corrected chi connectivity index (χ4v) is 9.70. The summed E-state index contributed by atoms with van der Waals surface area (Å²) < 4.78 is 76.1. The van der Waals surface area contributed by atoms with E-state index in [2.05, 4.69) is 177 Å². The molecule has 2 aliphatic rings. The number of nitrogens with one attached hydrogen (secondary N) is 2. The topological polar surface area (TPSA) is 101 Å². The van der Waals surface area contributed by atoms with Crippen molar-refractivity contribution in [3.63, 3.8) is 0 Å². The van der Waals surface area contributed by atoms with Crippen LogP contribution in [-0.4, -0.2) is 33.9 Å². The highest BCUT2D eigenvalue weighted by molar-refractivity contribution is 7.87. The lowest BCUT2D eigenvalue weighted by molar-refractivity contribution is -0.0509. The first kappa shape index (κ1) is 54.1. The molecule has 0 radical (unpaired) electrons. The maximum atomic E-state index is 14.7. The van der Waals surface area contributed by atoms with Crippen molar-refractivity contribution in [1.29, 1.82) is 0 Å². The Morgan fingerprint density at radius 3 is 1.19 bits per heavy atom. The van der Waals surface area contributed by atoms with Crippen LogP contribution in [0.4, 0.5) is 13.2 Å². The maximum absolute atomic E-state index is 14.7. The minimum Gasteiger partial charge on any atom is -0.374 e. The van der Waals surface area contributed by atoms with E-state index >= 15 is 0 Å². The molecule has 5 heterocycles. The van der Waals surface area contributed by atoms with Crippen molar-refractivity contribution < 1.29 is 25.8 Å². The number of benzene rings is 3. The summed E-state index contributed by atoms with van der Waals surface area (Å²) in [5.74, 6) is -0.564. The number of aromatic nitrogens is 4. The van der Waals surface area contributed by atoms with Gasteiger partial charge in [0, 0.05) is 44.8 Å². The van der Waals surface area contributed by atoms with E-state index < -0.39 is 21.4 Å². The summed E-state index contributed by atoms with van der Waals surface area (Å²) in [4.78, 5) is 17.9. The van der Waals surface area contributed by atoms with Gasteiger partial charge in [-0.25, -0.2) is 9.97 Å². The third-order valence-corrected chi connectivity index (χ3v) is 15.0. The zero-order valence-electron chi connectivity index (χ0n) is 46.5. The Balaban J connectivity index is 1.66. The molecule has 7 nitrogen and oxygen atoms in total. The standard InChI is InChI=1S/C63H73F3N4O3S/c1-57(2,3)39-25-36(26-40(31-39)58(4,5)6)53-47-21-19-45(67-47)34-46-20-22-50(68-46)55(38-29-43(61(13,14)15)33-44(30-38)62(16,17)18)56-52(73-74(71,72)63(64,65)66)35-51(70-56)54(49-24-23-48(53)69-49)37-27-41(59(7,8)9)32-42(28-37)60(10,11)12/h19-35,68-69H,1-18H3. The summed E-state index contributed by atoms with van der Waals surface area (Å²) in [6, 6.07) is 28.9. The largest absolute Gasteiger partial charge is 0.534 e. The summed E-state index contributed by atoms with van der Waals surface area (Å²) in [6.45, 7) is 38.7. The Morgan fingerprint density at radius 2 is 0.797 bits per heavy atom. The van der Waals surface area contributed by atoms with Crippen LogP contribution < -0.4 is 0 Å². The molecule has 3 aromatic heterocycles. The van der Waals surface area contributed by atoms with E-state index in [0.29, 0.717) is 38.9 Å². The number of rotatable bonds is 5. The van der Waals surface area contributed by atoms with Gasteiger partial charge in [0.15, 0.2) is 5.76 Å². The molecular weight excluding hydrogens is 950 g/mol. The predicted octanol–water partition coefficient (Wildman–Crippen LogP) is 17.6. The maximum Gasteiger partial charge on any atom is 0.534 e. The lowest BCUT2D eigenvalue weighted by Gasteiger charge is -2.26. The van der Waals surface area contributed by atoms with Crippen LogP contribution in [0.25, 0.3) is 79.4 Å². The molecule has 0 spiro atoms. The summed E-state index contributed by atoms with van der Waals surface area (Å²) in [7, 11) is -6.21. The summed E-state index contributed by atoms with van der Waals surface area (Å²) in [5.41, 5.74) is 6.89. The quantitative estimate of drug-likeness (QED) is 0.132. The highest BCUT2D eigenvalue weighted by atomic mass is 32.2. The average molecular weight is 1020 g/mol. The molecule has 8 bridgehead atoms. The van der Waals surface area contributed by atoms with Crippen LogP contribution in [0.2, 0.25) is 0 Å². The molecule has 0 atom stereocenters. The number of aromatic amines is 2. The van der Waals surface area contributed by atoms with Crippen molar-refractivity contribution >= 4 is 56.2 Å². The molecular formula is C63H73F3N4O3S. The van der Waals surface area contributed by atoms with Crippen molar-refractivity contribution in [2.24, 2.45) is 0 Å². The van der Waals surface area contributed by atoms with Crippen LogP contribution in [0.1, 0.15) is 181 Å². The molecule has 0 saturated carbocycles. The fourth-order valence-electron chi connectivity index (χ4n) is 9.24. The first-order valence-corrected chi connectivity index (χ1v) is 26.9. The summed E-state index contributed by atoms with van der Waals surface area (Å²) in [5, 5.41) is 0. The molecule has 0 amide bonds. The van der Waals surface area contributed by atoms with E-state index in [1.165, 1.54) is 6.08 Å². The smallest absolute Gasteiger partial charge is 0.374 e. The van der Waals surface area contributed by atoms with Gasteiger partial charge >= 0.3 is 15.6 Å². The molecule has 6 aromatic rings. The van der Waals surface area contributed by atoms with Crippen molar-refractivity contribution in [2.45, 2.75) is 163 Å². The van der Waals surface area contributed by atoms with Gasteiger partial charge in [-0.1, -0.05) is 179 Å². The van der Waals surface area contributed by atoms with Crippen LogP contribution in [0.3, 0.4) is 0 Å². The average Bonchev–Trinajstić information content (AvgIpc) is 4.09. The van der Waals surface area contributed by atoms with E-state index in [9.17, 15) is 21.6 Å². The predicted molar refractivity (Wildman–Crippen MR) is 302 cm³/mol. The number of hydrogen-bond acceptors (Lipinski definition) is 5. The van der Waals surface area contributed by atoms with Crippen molar-refractivity contribution in [3.8, 4) is 33.4 Å². The van der Waals surface area contributed by atoms with Gasteiger partial charge in [-0.2, -0.15) is 21.6 Å². The summed E-state index contributed by atoms with van der Waals surface area (Å²) >= 11 is 0. The number of H-pyrrole nitrogens is 2. The molecule has 2 aliphatic heterocycles. The van der Waals surface area contributed by atoms with Gasteiger partial charge < -0.3 is 14.2 Å². The number of alkyl halides is 3. The van der Waals surface area contributed by atoms with Gasteiger partial charge in [0.05, 0.1) is 17.1 Å². The van der Waals surface area contributed by atoms with Crippen LogP contribution >= 0.6 is 0 Å². The van der Waals surface area contributed by atoms with Gasteiger partial charge in [0.1, 0.15) is 5.69 Å². The molecule has 11 heteroatoms. The molecule has 0 aliphatic carbocycles. The molecule has 0 saturated heterocycles. The van der Waals surface area contributed by atoms with Crippen LogP contribution in [0, 0.1) is 0 Å². The number of hydrogen-bond donors (Lipinski definition) is 2. The number of halogens is 3. The monoisotopic (exact) mass is 1020 g/mol. The van der Waals surface area contributed by atoms with Crippen LogP contribution in [0.5, 0.6) is 0 Å². The second kappa shape index (κ2) is 18.0. The lowest BCUT2D eigenvalue weighted by Crippen LogP contribution is -2.25. The Hall–Kier alpha value is -6.20. The van der Waals surface area contributed by atoms with Gasteiger partial charge in [0.25, 0.3) is 0 Å². The first-order chi connectivity index (χ1) is 33.8. The van der Waals surface area contributed by atoms with E-state index in [-0.39, 0.29) is 43.9 Å². The minimum absolute atomic E-state index is 0.0822. The fraction of sp³-hybridized carbons (Fsp3) is 0.397. The van der Waals surface area contributed by atoms with Crippen molar-refractivity contribution in [2.75, 3.05) is 0 Å². The van der Waals surface area contributed by atoms with Gasteiger partial charge in [-0.3, -0.25) is 0 Å².